The molecule has 0 amide bonds. The summed E-state index contributed by atoms with van der Waals surface area (Å²) in [5.74, 6) is 0.714. The molecule has 5 aromatic rings. The Kier molecular flexibility index (Phi) is 5.28. The molecule has 0 atom stereocenters. The van der Waals surface area contributed by atoms with E-state index >= 15 is 0 Å². The maximum atomic E-state index is 6.08. The number of rotatable bonds is 4. The number of thiazole rings is 1. The first kappa shape index (κ1) is 19.5. The minimum absolute atomic E-state index is 0.709. The van der Waals surface area contributed by atoms with E-state index in [2.05, 4.69) is 32.3 Å². The van der Waals surface area contributed by atoms with Gasteiger partial charge in [-0.25, -0.2) is 0 Å². The molecule has 0 aliphatic rings. The summed E-state index contributed by atoms with van der Waals surface area (Å²) in [5.41, 5.74) is 4.67. The van der Waals surface area contributed by atoms with Crippen molar-refractivity contribution in [3.8, 4) is 16.9 Å². The molecule has 0 aliphatic heterocycles. The van der Waals surface area contributed by atoms with Crippen LogP contribution in [0.3, 0.4) is 0 Å². The van der Waals surface area contributed by atoms with Crippen molar-refractivity contribution in [1.82, 2.24) is 4.57 Å². The van der Waals surface area contributed by atoms with Gasteiger partial charge in [-0.05, 0) is 48.9 Å². The third kappa shape index (κ3) is 3.98. The SMILES string of the molecule is C/C(=N\N=c1/scc(-c2ccc(Cl)cc2)n1-c1ccccc1)c1cc2ccccc2o1. The van der Waals surface area contributed by atoms with Crippen LogP contribution >= 0.6 is 22.9 Å². The summed E-state index contributed by atoms with van der Waals surface area (Å²) in [5, 5.41) is 12.9. The Bertz CT molecular complexity index is 1410. The zero-order valence-electron chi connectivity index (χ0n) is 16.7. The number of hydrogen-bond donors (Lipinski definition) is 0. The van der Waals surface area contributed by atoms with Crippen molar-refractivity contribution in [2.45, 2.75) is 6.92 Å². The second kappa shape index (κ2) is 8.38. The van der Waals surface area contributed by atoms with Crippen molar-refractivity contribution in [3.05, 3.63) is 106 Å². The molecule has 0 N–H and O–H groups in total. The van der Waals surface area contributed by atoms with Gasteiger partial charge in [-0.1, -0.05) is 60.1 Å². The maximum absolute atomic E-state index is 6.08. The predicted molar refractivity (Wildman–Crippen MR) is 128 cm³/mol. The molecule has 31 heavy (non-hydrogen) atoms. The van der Waals surface area contributed by atoms with Gasteiger partial charge in [-0.15, -0.1) is 21.5 Å². The van der Waals surface area contributed by atoms with Gasteiger partial charge < -0.3 is 4.42 Å². The molecule has 0 aliphatic carbocycles. The van der Waals surface area contributed by atoms with Crippen LogP contribution in [0.2, 0.25) is 5.02 Å². The number of halogens is 1. The number of furan rings is 1. The minimum atomic E-state index is 0.709. The Hall–Kier alpha value is -3.41. The smallest absolute Gasteiger partial charge is 0.215 e. The first-order valence-electron chi connectivity index (χ1n) is 9.78. The average molecular weight is 444 g/mol. The van der Waals surface area contributed by atoms with E-state index in [0.717, 1.165) is 38.4 Å². The van der Waals surface area contributed by atoms with Gasteiger partial charge in [0.1, 0.15) is 11.3 Å². The van der Waals surface area contributed by atoms with Gasteiger partial charge in [0.2, 0.25) is 4.80 Å². The van der Waals surface area contributed by atoms with Crippen LogP contribution in [-0.4, -0.2) is 10.3 Å². The lowest BCUT2D eigenvalue weighted by Gasteiger charge is -2.09. The summed E-state index contributed by atoms with van der Waals surface area (Å²) in [6.45, 7) is 1.90. The molecule has 0 fully saturated rings. The Morgan fingerprint density at radius 1 is 0.935 bits per heavy atom. The van der Waals surface area contributed by atoms with E-state index in [1.165, 1.54) is 11.3 Å². The van der Waals surface area contributed by atoms with Crippen molar-refractivity contribution >= 4 is 39.6 Å². The van der Waals surface area contributed by atoms with E-state index < -0.39 is 0 Å². The molecule has 2 heterocycles. The standard InChI is InChI=1S/C25H18ClN3OS/c1-17(24-15-19-7-5-6-10-23(19)30-24)27-28-25-29(21-8-3-2-4-9-21)22(16-31-25)18-11-13-20(26)14-12-18/h2-16H,1H3/b27-17+,28-25-. The number of nitrogens with zero attached hydrogens (tertiary/aromatic N) is 3. The summed E-state index contributed by atoms with van der Waals surface area (Å²) < 4.78 is 8.01. The highest BCUT2D eigenvalue weighted by Gasteiger charge is 2.11. The largest absolute Gasteiger partial charge is 0.455 e. The van der Waals surface area contributed by atoms with Gasteiger partial charge in [-0.2, -0.15) is 0 Å². The van der Waals surface area contributed by atoms with E-state index in [1.807, 2.05) is 79.7 Å². The van der Waals surface area contributed by atoms with E-state index in [0.29, 0.717) is 10.8 Å². The molecule has 152 valence electrons. The summed E-state index contributed by atoms with van der Waals surface area (Å²) in [7, 11) is 0. The highest BCUT2D eigenvalue weighted by Crippen LogP contribution is 2.25. The Labute approximate surface area is 188 Å². The van der Waals surface area contributed by atoms with Crippen LogP contribution in [0, 0.1) is 0 Å². The summed E-state index contributed by atoms with van der Waals surface area (Å²) >= 11 is 7.62. The third-order valence-corrected chi connectivity index (χ3v) is 6.00. The molecule has 0 saturated heterocycles. The number of para-hydroxylation sites is 2. The van der Waals surface area contributed by atoms with Crippen LogP contribution in [0.1, 0.15) is 12.7 Å². The lowest BCUT2D eigenvalue weighted by Crippen LogP contribution is -2.13. The van der Waals surface area contributed by atoms with Gasteiger partial charge in [0, 0.05) is 21.5 Å². The summed E-state index contributed by atoms with van der Waals surface area (Å²) in [4.78, 5) is 0.770. The molecule has 6 heteroatoms. The zero-order valence-corrected chi connectivity index (χ0v) is 18.3. The van der Waals surface area contributed by atoms with Crippen molar-refractivity contribution in [2.24, 2.45) is 10.2 Å². The molecule has 3 aromatic carbocycles. The molecule has 0 bridgehead atoms. The monoisotopic (exact) mass is 443 g/mol. The lowest BCUT2D eigenvalue weighted by molar-refractivity contribution is 0.604. The van der Waals surface area contributed by atoms with Crippen LogP contribution in [0.25, 0.3) is 27.9 Å². The van der Waals surface area contributed by atoms with Gasteiger partial charge >= 0.3 is 0 Å². The molecule has 4 nitrogen and oxygen atoms in total. The van der Waals surface area contributed by atoms with Crippen LogP contribution in [0.5, 0.6) is 0 Å². The Morgan fingerprint density at radius 3 is 2.45 bits per heavy atom. The molecule has 5 rings (SSSR count). The first-order valence-corrected chi connectivity index (χ1v) is 11.0. The maximum Gasteiger partial charge on any atom is 0.215 e. The van der Waals surface area contributed by atoms with Gasteiger partial charge in [0.05, 0.1) is 5.69 Å². The Balaban J connectivity index is 1.62. The lowest BCUT2D eigenvalue weighted by atomic mass is 10.1. The van der Waals surface area contributed by atoms with Crippen molar-refractivity contribution in [1.29, 1.82) is 0 Å². The minimum Gasteiger partial charge on any atom is -0.455 e. The third-order valence-electron chi connectivity index (χ3n) is 4.93. The fraction of sp³-hybridized carbons (Fsp3) is 0.0400. The highest BCUT2D eigenvalue weighted by molar-refractivity contribution is 7.07. The molecule has 0 saturated carbocycles. The normalized spacial score (nSPS) is 12.6. The topological polar surface area (TPSA) is 42.8 Å². The predicted octanol–water partition coefficient (Wildman–Crippen LogP) is 6.93. The second-order valence-electron chi connectivity index (χ2n) is 7.02. The van der Waals surface area contributed by atoms with Crippen LogP contribution in [-0.2, 0) is 0 Å². The quantitative estimate of drug-likeness (QED) is 0.219. The second-order valence-corrected chi connectivity index (χ2v) is 8.29. The highest BCUT2D eigenvalue weighted by atomic mass is 35.5. The molecule has 2 aromatic heterocycles. The van der Waals surface area contributed by atoms with Gasteiger partial charge in [0.15, 0.2) is 5.76 Å². The van der Waals surface area contributed by atoms with E-state index in [4.69, 9.17) is 16.0 Å². The van der Waals surface area contributed by atoms with E-state index in [-0.39, 0.29) is 0 Å². The first-order chi connectivity index (χ1) is 15.2. The molecular formula is C25H18ClN3OS. The van der Waals surface area contributed by atoms with Crippen LogP contribution < -0.4 is 4.80 Å². The summed E-state index contributed by atoms with van der Waals surface area (Å²) in [6.07, 6.45) is 0. The number of aromatic nitrogens is 1. The van der Waals surface area contributed by atoms with Crippen molar-refractivity contribution in [3.63, 3.8) is 0 Å². The van der Waals surface area contributed by atoms with E-state index in [9.17, 15) is 0 Å². The zero-order chi connectivity index (χ0) is 21.2. The number of benzene rings is 3. The van der Waals surface area contributed by atoms with Gasteiger partial charge in [-0.3, -0.25) is 4.57 Å². The fourth-order valence-corrected chi connectivity index (χ4v) is 4.34. The molecule has 0 radical (unpaired) electrons. The van der Waals surface area contributed by atoms with Crippen LogP contribution in [0.4, 0.5) is 0 Å². The van der Waals surface area contributed by atoms with E-state index in [1.54, 1.807) is 0 Å². The molecule has 0 spiro atoms. The number of hydrogen-bond acceptors (Lipinski definition) is 4. The summed E-state index contributed by atoms with van der Waals surface area (Å²) in [6, 6.07) is 27.9. The Morgan fingerprint density at radius 2 is 1.68 bits per heavy atom. The molecular weight excluding hydrogens is 426 g/mol. The number of fused-ring (bicyclic) bond motifs is 1. The molecule has 0 unspecified atom stereocenters. The van der Waals surface area contributed by atoms with Crippen molar-refractivity contribution < 1.29 is 4.42 Å². The van der Waals surface area contributed by atoms with Crippen LogP contribution in [0.15, 0.2) is 105 Å². The fourth-order valence-electron chi connectivity index (χ4n) is 3.36. The van der Waals surface area contributed by atoms with Crippen molar-refractivity contribution in [2.75, 3.05) is 0 Å². The van der Waals surface area contributed by atoms with Gasteiger partial charge in [0.25, 0.3) is 0 Å². The average Bonchev–Trinajstić information content (AvgIpc) is 3.43.